The summed E-state index contributed by atoms with van der Waals surface area (Å²) in [7, 11) is 0. The average Bonchev–Trinajstić information content (AvgIpc) is 2.71. The second-order valence-corrected chi connectivity index (χ2v) is 6.67. The highest BCUT2D eigenvalue weighted by molar-refractivity contribution is 5.83. The first-order valence-electron chi connectivity index (χ1n) is 10.0. The molecular weight excluding hydrogens is 354 g/mol. The zero-order valence-corrected chi connectivity index (χ0v) is 16.6. The van der Waals surface area contributed by atoms with Gasteiger partial charge in [-0.25, -0.2) is 0 Å². The Bertz CT molecular complexity index is 713. The molecule has 0 bridgehead atoms. The fraction of sp³-hybridized carbons (Fsp3) is 0.435. The predicted octanol–water partition coefficient (Wildman–Crippen LogP) is 4.73. The Hall–Kier alpha value is -2.53. The number of ether oxygens (including phenoxy) is 2. The van der Waals surface area contributed by atoms with E-state index in [0.717, 1.165) is 24.3 Å². The third kappa shape index (κ3) is 8.01. The van der Waals surface area contributed by atoms with Gasteiger partial charge < -0.3 is 19.7 Å². The number of aliphatic hydroxyl groups is 1. The standard InChI is InChI=1S/C23H31NO4/c1-2-3-4-5-15-27-21-10-7-19(8-11-21)18-28-22-12-9-20(23(26)16-22)17-24-13-6-14-25/h7-12,16-17,25-26H,2-6,13-15,18H2,1H3. The Morgan fingerprint density at radius 3 is 2.43 bits per heavy atom. The molecule has 0 aliphatic rings. The molecule has 0 atom stereocenters. The summed E-state index contributed by atoms with van der Waals surface area (Å²) < 4.78 is 11.5. The second kappa shape index (κ2) is 12.8. The molecule has 2 aromatic rings. The van der Waals surface area contributed by atoms with Crippen LogP contribution in [0.3, 0.4) is 0 Å². The van der Waals surface area contributed by atoms with Gasteiger partial charge in [0.1, 0.15) is 23.9 Å². The predicted molar refractivity (Wildman–Crippen MR) is 113 cm³/mol. The maximum absolute atomic E-state index is 10.1. The molecule has 0 spiro atoms. The van der Waals surface area contributed by atoms with Gasteiger partial charge in [0.15, 0.2) is 0 Å². The summed E-state index contributed by atoms with van der Waals surface area (Å²) in [4.78, 5) is 4.16. The monoisotopic (exact) mass is 385 g/mol. The van der Waals surface area contributed by atoms with E-state index in [9.17, 15) is 5.11 Å². The van der Waals surface area contributed by atoms with Gasteiger partial charge in [0, 0.05) is 31.0 Å². The van der Waals surface area contributed by atoms with Crippen molar-refractivity contribution in [1.29, 1.82) is 0 Å². The lowest BCUT2D eigenvalue weighted by atomic mass is 10.2. The normalized spacial score (nSPS) is 11.1. The van der Waals surface area contributed by atoms with Crippen molar-refractivity contribution in [3.05, 3.63) is 53.6 Å². The van der Waals surface area contributed by atoms with E-state index in [1.165, 1.54) is 19.3 Å². The number of benzene rings is 2. The number of hydrogen-bond donors (Lipinski definition) is 2. The molecule has 152 valence electrons. The third-order valence-electron chi connectivity index (χ3n) is 4.27. The SMILES string of the molecule is CCCCCCOc1ccc(COc2ccc(C=NCCCO)c(O)c2)cc1. The summed E-state index contributed by atoms with van der Waals surface area (Å²) in [5.74, 6) is 1.60. The van der Waals surface area contributed by atoms with Crippen LogP contribution in [0.4, 0.5) is 0 Å². The summed E-state index contributed by atoms with van der Waals surface area (Å²) in [6.45, 7) is 4.02. The summed E-state index contributed by atoms with van der Waals surface area (Å²) >= 11 is 0. The summed E-state index contributed by atoms with van der Waals surface area (Å²) in [5, 5.41) is 18.8. The Morgan fingerprint density at radius 2 is 1.71 bits per heavy atom. The molecule has 2 rings (SSSR count). The quantitative estimate of drug-likeness (QED) is 0.386. The molecule has 0 unspecified atom stereocenters. The minimum Gasteiger partial charge on any atom is -0.507 e. The van der Waals surface area contributed by atoms with Crippen LogP contribution >= 0.6 is 0 Å². The zero-order chi connectivity index (χ0) is 20.0. The topological polar surface area (TPSA) is 71.3 Å². The van der Waals surface area contributed by atoms with Gasteiger partial charge in [-0.05, 0) is 42.7 Å². The fourth-order valence-electron chi connectivity index (χ4n) is 2.61. The van der Waals surface area contributed by atoms with Crippen LogP contribution in [0, 0.1) is 0 Å². The van der Waals surface area contributed by atoms with Crippen LogP contribution < -0.4 is 9.47 Å². The van der Waals surface area contributed by atoms with E-state index < -0.39 is 0 Å². The first-order chi connectivity index (χ1) is 13.7. The Balaban J connectivity index is 1.78. The molecule has 0 fully saturated rings. The van der Waals surface area contributed by atoms with Crippen molar-refractivity contribution in [3.63, 3.8) is 0 Å². The van der Waals surface area contributed by atoms with E-state index in [1.54, 1.807) is 24.4 Å². The number of aromatic hydroxyl groups is 1. The molecule has 0 heterocycles. The second-order valence-electron chi connectivity index (χ2n) is 6.67. The van der Waals surface area contributed by atoms with Crippen LogP contribution in [0.25, 0.3) is 0 Å². The molecule has 2 aromatic carbocycles. The summed E-state index contributed by atoms with van der Waals surface area (Å²) in [6, 6.07) is 13.1. The van der Waals surface area contributed by atoms with Gasteiger partial charge in [-0.2, -0.15) is 0 Å². The summed E-state index contributed by atoms with van der Waals surface area (Å²) in [6.07, 6.45) is 7.00. The van der Waals surface area contributed by atoms with Crippen molar-refractivity contribution in [1.82, 2.24) is 0 Å². The lowest BCUT2D eigenvalue weighted by molar-refractivity contribution is 0.291. The summed E-state index contributed by atoms with van der Waals surface area (Å²) in [5.41, 5.74) is 1.66. The zero-order valence-electron chi connectivity index (χ0n) is 16.6. The lowest BCUT2D eigenvalue weighted by Crippen LogP contribution is -1.99. The van der Waals surface area contributed by atoms with Crippen LogP contribution in [-0.4, -0.2) is 36.2 Å². The highest BCUT2D eigenvalue weighted by Gasteiger charge is 2.03. The maximum Gasteiger partial charge on any atom is 0.128 e. The molecule has 2 N–H and O–H groups in total. The van der Waals surface area contributed by atoms with E-state index in [4.69, 9.17) is 14.6 Å². The van der Waals surface area contributed by atoms with E-state index in [0.29, 0.717) is 30.9 Å². The lowest BCUT2D eigenvalue weighted by Gasteiger charge is -2.09. The van der Waals surface area contributed by atoms with Crippen molar-refractivity contribution in [3.8, 4) is 17.2 Å². The first kappa shape index (κ1) is 21.8. The van der Waals surface area contributed by atoms with E-state index in [-0.39, 0.29) is 12.4 Å². The largest absolute Gasteiger partial charge is 0.507 e. The third-order valence-corrected chi connectivity index (χ3v) is 4.27. The highest BCUT2D eigenvalue weighted by atomic mass is 16.5. The van der Waals surface area contributed by atoms with Gasteiger partial charge in [-0.15, -0.1) is 0 Å². The van der Waals surface area contributed by atoms with E-state index in [1.807, 2.05) is 24.3 Å². The highest BCUT2D eigenvalue weighted by Crippen LogP contribution is 2.23. The number of nitrogens with zero attached hydrogens (tertiary/aromatic N) is 1. The number of hydrogen-bond acceptors (Lipinski definition) is 5. The molecule has 0 aromatic heterocycles. The van der Waals surface area contributed by atoms with Gasteiger partial charge in [-0.3, -0.25) is 4.99 Å². The Kier molecular flexibility index (Phi) is 9.94. The number of phenolic OH excluding ortho intramolecular Hbond substituents is 1. The van der Waals surface area contributed by atoms with Gasteiger partial charge in [-0.1, -0.05) is 38.3 Å². The smallest absolute Gasteiger partial charge is 0.128 e. The molecule has 0 saturated carbocycles. The molecular formula is C23H31NO4. The fourth-order valence-corrected chi connectivity index (χ4v) is 2.61. The Labute approximate surface area is 167 Å². The maximum atomic E-state index is 10.1. The Morgan fingerprint density at radius 1 is 0.929 bits per heavy atom. The molecule has 0 saturated heterocycles. The number of rotatable bonds is 13. The van der Waals surface area contributed by atoms with Gasteiger partial charge in [0.05, 0.1) is 6.61 Å². The number of unbranched alkanes of at least 4 members (excludes halogenated alkanes) is 3. The molecule has 28 heavy (non-hydrogen) atoms. The van der Waals surface area contributed by atoms with Gasteiger partial charge in [0.2, 0.25) is 0 Å². The van der Waals surface area contributed by atoms with Crippen LogP contribution in [-0.2, 0) is 6.61 Å². The van der Waals surface area contributed by atoms with Crippen molar-refractivity contribution in [2.75, 3.05) is 19.8 Å². The van der Waals surface area contributed by atoms with Crippen LogP contribution in [0.15, 0.2) is 47.5 Å². The minimum atomic E-state index is 0.113. The molecule has 0 aliphatic heterocycles. The molecule has 0 radical (unpaired) electrons. The van der Waals surface area contributed by atoms with Crippen LogP contribution in [0.5, 0.6) is 17.2 Å². The van der Waals surface area contributed by atoms with Crippen molar-refractivity contribution < 1.29 is 19.7 Å². The number of aliphatic imine (C=N–C) groups is 1. The van der Waals surface area contributed by atoms with Crippen molar-refractivity contribution >= 4 is 6.21 Å². The molecule has 5 heteroatoms. The van der Waals surface area contributed by atoms with Crippen LogP contribution in [0.1, 0.15) is 50.2 Å². The van der Waals surface area contributed by atoms with E-state index in [2.05, 4.69) is 11.9 Å². The average molecular weight is 386 g/mol. The molecule has 5 nitrogen and oxygen atoms in total. The van der Waals surface area contributed by atoms with Crippen molar-refractivity contribution in [2.45, 2.75) is 45.6 Å². The van der Waals surface area contributed by atoms with Crippen LogP contribution in [0.2, 0.25) is 0 Å². The number of phenols is 1. The molecule has 0 amide bonds. The molecule has 0 aliphatic carbocycles. The van der Waals surface area contributed by atoms with Gasteiger partial charge in [0.25, 0.3) is 0 Å². The van der Waals surface area contributed by atoms with Crippen molar-refractivity contribution in [2.24, 2.45) is 4.99 Å². The first-order valence-corrected chi connectivity index (χ1v) is 10.0. The number of aliphatic hydroxyl groups excluding tert-OH is 1. The van der Waals surface area contributed by atoms with Gasteiger partial charge >= 0.3 is 0 Å². The minimum absolute atomic E-state index is 0.113. The van der Waals surface area contributed by atoms with E-state index >= 15 is 0 Å².